The van der Waals surface area contributed by atoms with Gasteiger partial charge in [0.2, 0.25) is 0 Å². The molecule has 0 spiro atoms. The SMILES string of the molecule is [2H]c1c([2H])c(N)c2c(=O)n([C@@]3([2H])CCC(=O)CC3=O)c(C)nc2c1[2H]. The first-order chi connectivity index (χ1) is 11.6. The second-order valence-electron chi connectivity index (χ2n) is 4.90. The van der Waals surface area contributed by atoms with Crippen LogP contribution in [0.3, 0.4) is 0 Å². The van der Waals surface area contributed by atoms with E-state index in [0.29, 0.717) is 0 Å². The van der Waals surface area contributed by atoms with E-state index in [1.54, 1.807) is 0 Å². The van der Waals surface area contributed by atoms with Crippen LogP contribution in [-0.2, 0) is 9.59 Å². The number of Topliss-reactive ketones (excluding diaryl/α,β-unsaturated/α-hetero) is 2. The van der Waals surface area contributed by atoms with Gasteiger partial charge in [0, 0.05) is 12.1 Å². The third kappa shape index (κ3) is 2.12. The van der Waals surface area contributed by atoms with Crippen LogP contribution in [0.15, 0.2) is 22.9 Å². The summed E-state index contributed by atoms with van der Waals surface area (Å²) in [5.41, 5.74) is 4.52. The average Bonchev–Trinajstić information content (AvgIpc) is 2.54. The number of anilines is 1. The van der Waals surface area contributed by atoms with Gasteiger partial charge in [-0.25, -0.2) is 4.98 Å². The van der Waals surface area contributed by atoms with Gasteiger partial charge >= 0.3 is 0 Å². The first-order valence-electron chi connectivity index (χ1n) is 8.43. The Morgan fingerprint density at radius 3 is 2.90 bits per heavy atom. The van der Waals surface area contributed by atoms with Crippen molar-refractivity contribution in [3.05, 3.63) is 34.3 Å². The lowest BCUT2D eigenvalue weighted by atomic mass is 9.92. The first-order valence-corrected chi connectivity index (χ1v) is 6.43. The quantitative estimate of drug-likeness (QED) is 0.627. The number of aromatic nitrogens is 2. The Balaban J connectivity index is 2.41. The van der Waals surface area contributed by atoms with Crippen LogP contribution in [0.4, 0.5) is 5.69 Å². The number of nitrogen functional groups attached to an aromatic ring is 1. The van der Waals surface area contributed by atoms with Gasteiger partial charge in [-0.2, -0.15) is 0 Å². The molecule has 1 atom stereocenters. The molecule has 1 aliphatic carbocycles. The van der Waals surface area contributed by atoms with E-state index in [1.165, 1.54) is 6.92 Å². The fraction of sp³-hybridized carbons (Fsp3) is 0.333. The standard InChI is InChI=1S/C15H15N3O3/c1-8-17-11-4-2-3-10(16)14(11)15(21)18(8)12-6-5-9(19)7-13(12)20/h2-4,12H,5-7,16H2,1H3/t12-/m0/s1/i2D,3D,4D,12D. The maximum Gasteiger partial charge on any atom is 0.264 e. The lowest BCUT2D eigenvalue weighted by Gasteiger charge is -2.24. The van der Waals surface area contributed by atoms with Gasteiger partial charge in [0.25, 0.3) is 5.56 Å². The third-order valence-corrected chi connectivity index (χ3v) is 3.49. The van der Waals surface area contributed by atoms with Gasteiger partial charge in [-0.3, -0.25) is 19.0 Å². The van der Waals surface area contributed by atoms with Crippen molar-refractivity contribution in [1.29, 1.82) is 0 Å². The lowest BCUT2D eigenvalue weighted by molar-refractivity contribution is -0.132. The maximum absolute atomic E-state index is 13.0. The van der Waals surface area contributed by atoms with Crippen molar-refractivity contribution in [2.45, 2.75) is 32.2 Å². The van der Waals surface area contributed by atoms with Crippen LogP contribution in [0.5, 0.6) is 0 Å². The zero-order valence-corrected chi connectivity index (χ0v) is 11.3. The van der Waals surface area contributed by atoms with E-state index < -0.39 is 41.9 Å². The van der Waals surface area contributed by atoms with Crippen molar-refractivity contribution in [3.8, 4) is 0 Å². The smallest absolute Gasteiger partial charge is 0.264 e. The molecule has 1 fully saturated rings. The van der Waals surface area contributed by atoms with Gasteiger partial charge < -0.3 is 5.73 Å². The maximum atomic E-state index is 13.0. The highest BCUT2D eigenvalue weighted by Gasteiger charge is 2.30. The molecule has 1 aliphatic rings. The molecule has 2 N–H and O–H groups in total. The van der Waals surface area contributed by atoms with Crippen LogP contribution in [0.2, 0.25) is 0 Å². The lowest BCUT2D eigenvalue weighted by Crippen LogP contribution is -2.36. The van der Waals surface area contributed by atoms with E-state index >= 15 is 0 Å². The number of nitrogens with two attached hydrogens (primary N) is 1. The van der Waals surface area contributed by atoms with E-state index in [2.05, 4.69) is 4.98 Å². The number of ketones is 2. The Bertz CT molecular complexity index is 1020. The van der Waals surface area contributed by atoms with Crippen LogP contribution in [0.1, 0.15) is 36.6 Å². The summed E-state index contributed by atoms with van der Waals surface area (Å²) in [4.78, 5) is 40.9. The highest BCUT2D eigenvalue weighted by atomic mass is 16.2. The Labute approximate surface area is 126 Å². The molecule has 108 valence electrons. The summed E-state index contributed by atoms with van der Waals surface area (Å²) in [6, 6.07) is -3.32. The molecule has 0 radical (unpaired) electrons. The second-order valence-corrected chi connectivity index (χ2v) is 4.90. The van der Waals surface area contributed by atoms with E-state index in [0.717, 1.165) is 4.57 Å². The van der Waals surface area contributed by atoms with Crippen molar-refractivity contribution in [2.24, 2.45) is 0 Å². The number of aryl methyl sites for hydroxylation is 1. The van der Waals surface area contributed by atoms with Crippen LogP contribution < -0.4 is 11.3 Å². The zero-order chi connectivity index (χ0) is 18.7. The monoisotopic (exact) mass is 289 g/mol. The Hall–Kier alpha value is -2.50. The highest BCUT2D eigenvalue weighted by molar-refractivity contribution is 6.03. The summed E-state index contributed by atoms with van der Waals surface area (Å²) >= 11 is 0. The van der Waals surface area contributed by atoms with E-state index in [9.17, 15) is 14.4 Å². The van der Waals surface area contributed by atoms with Gasteiger partial charge in [0.05, 0.1) is 28.8 Å². The molecular weight excluding hydrogens is 270 g/mol. The first kappa shape index (κ1) is 9.44. The largest absolute Gasteiger partial charge is 0.398 e. The third-order valence-electron chi connectivity index (χ3n) is 3.49. The summed E-state index contributed by atoms with van der Waals surface area (Å²) in [7, 11) is 0. The summed E-state index contributed by atoms with van der Waals surface area (Å²) in [5, 5.41) is -0.257. The number of hydrogen-bond acceptors (Lipinski definition) is 5. The highest BCUT2D eigenvalue weighted by Crippen LogP contribution is 2.24. The van der Waals surface area contributed by atoms with Crippen molar-refractivity contribution >= 4 is 28.2 Å². The normalized spacial score (nSPS) is 25.4. The molecule has 6 heteroatoms. The molecule has 1 heterocycles. The number of fused-ring (bicyclic) bond motifs is 1. The van der Waals surface area contributed by atoms with Crippen molar-refractivity contribution in [3.63, 3.8) is 0 Å². The molecule has 1 saturated carbocycles. The Kier molecular flexibility index (Phi) is 2.16. The molecule has 0 unspecified atom stereocenters. The number of carbonyl (C=O) groups is 2. The minimum Gasteiger partial charge on any atom is -0.398 e. The molecule has 0 amide bonds. The van der Waals surface area contributed by atoms with E-state index in [-0.39, 0.29) is 41.0 Å². The minimum absolute atomic E-state index is 0.00626. The van der Waals surface area contributed by atoms with Crippen molar-refractivity contribution < 1.29 is 15.1 Å². The minimum atomic E-state index is -1.98. The molecular formula is C15H15N3O3. The van der Waals surface area contributed by atoms with Gasteiger partial charge in [0.15, 0.2) is 5.78 Å². The Morgan fingerprint density at radius 2 is 2.19 bits per heavy atom. The summed E-state index contributed by atoms with van der Waals surface area (Å²) < 4.78 is 32.8. The topological polar surface area (TPSA) is 95.0 Å². The van der Waals surface area contributed by atoms with Gasteiger partial charge in [-0.1, -0.05) is 6.04 Å². The second kappa shape index (κ2) is 4.80. The predicted octanol–water partition coefficient (Wildman–Crippen LogP) is 1.15. The predicted molar refractivity (Wildman–Crippen MR) is 78.1 cm³/mol. The van der Waals surface area contributed by atoms with Crippen LogP contribution >= 0.6 is 0 Å². The molecule has 6 nitrogen and oxygen atoms in total. The number of benzene rings is 1. The molecule has 2 aromatic rings. The number of hydrogen-bond donors (Lipinski definition) is 1. The number of nitrogens with zero attached hydrogens (tertiary/aromatic N) is 2. The molecule has 21 heavy (non-hydrogen) atoms. The van der Waals surface area contributed by atoms with Gasteiger partial charge in [-0.05, 0) is 25.4 Å². The van der Waals surface area contributed by atoms with Gasteiger partial charge in [-0.15, -0.1) is 0 Å². The number of rotatable bonds is 1. The van der Waals surface area contributed by atoms with Gasteiger partial charge in [0.1, 0.15) is 11.6 Å². The molecule has 0 saturated heterocycles. The van der Waals surface area contributed by atoms with Crippen LogP contribution in [0, 0.1) is 6.92 Å². The molecule has 0 aliphatic heterocycles. The van der Waals surface area contributed by atoms with E-state index in [4.69, 9.17) is 11.2 Å². The molecule has 3 rings (SSSR count). The van der Waals surface area contributed by atoms with E-state index in [1.807, 2.05) is 0 Å². The molecule has 1 aromatic heterocycles. The summed E-state index contributed by atoms with van der Waals surface area (Å²) in [6.45, 7) is 1.41. The molecule has 1 aromatic carbocycles. The summed E-state index contributed by atoms with van der Waals surface area (Å²) in [6.07, 6.45) is -0.591. The number of carbonyl (C=O) groups excluding carboxylic acids is 2. The fourth-order valence-electron chi connectivity index (χ4n) is 2.50. The Morgan fingerprint density at radius 1 is 1.43 bits per heavy atom. The molecule has 0 bridgehead atoms. The van der Waals surface area contributed by atoms with Crippen LogP contribution in [-0.4, -0.2) is 21.1 Å². The average molecular weight is 289 g/mol. The van der Waals surface area contributed by atoms with Crippen molar-refractivity contribution in [1.82, 2.24) is 9.55 Å². The fourth-order valence-corrected chi connectivity index (χ4v) is 2.50. The summed E-state index contributed by atoms with van der Waals surface area (Å²) in [5.74, 6) is -0.976. The van der Waals surface area contributed by atoms with Crippen LogP contribution in [0.25, 0.3) is 10.9 Å². The zero-order valence-electron chi connectivity index (χ0n) is 15.3. The van der Waals surface area contributed by atoms with Crippen molar-refractivity contribution in [2.75, 3.05) is 5.73 Å².